The second-order valence-corrected chi connectivity index (χ2v) is 6.70. The van der Waals surface area contributed by atoms with Crippen LogP contribution in [0.1, 0.15) is 73.6 Å². The lowest BCUT2D eigenvalue weighted by atomic mass is 9.81. The van der Waals surface area contributed by atoms with E-state index in [0.717, 1.165) is 23.7 Å². The molecule has 0 radical (unpaired) electrons. The third-order valence-corrected chi connectivity index (χ3v) is 5.76. The molecular weight excluding hydrogens is 216 g/mol. The quantitative estimate of drug-likeness (QED) is 0.458. The first-order chi connectivity index (χ1) is 8.52. The molecule has 5 atom stereocenters. The van der Waals surface area contributed by atoms with E-state index in [2.05, 4.69) is 53.7 Å². The minimum Gasteiger partial charge on any atom is -0.0880 e. The highest BCUT2D eigenvalue weighted by Gasteiger charge is 2.59. The summed E-state index contributed by atoms with van der Waals surface area (Å²) in [5, 5.41) is 0. The summed E-state index contributed by atoms with van der Waals surface area (Å²) in [6, 6.07) is 0. The van der Waals surface area contributed by atoms with Gasteiger partial charge in [0.25, 0.3) is 0 Å². The van der Waals surface area contributed by atoms with Gasteiger partial charge in [0.15, 0.2) is 0 Å². The third kappa shape index (κ3) is 3.19. The molecule has 0 heteroatoms. The van der Waals surface area contributed by atoms with Gasteiger partial charge in [0.2, 0.25) is 0 Å². The molecule has 0 bridgehead atoms. The second-order valence-electron chi connectivity index (χ2n) is 6.70. The van der Waals surface area contributed by atoms with Crippen LogP contribution >= 0.6 is 0 Å². The van der Waals surface area contributed by atoms with E-state index in [1.54, 1.807) is 0 Å². The zero-order valence-corrected chi connectivity index (χ0v) is 13.5. The Kier molecular flexibility index (Phi) is 5.95. The summed E-state index contributed by atoms with van der Waals surface area (Å²) in [4.78, 5) is 0. The van der Waals surface area contributed by atoms with E-state index in [9.17, 15) is 0 Å². The van der Waals surface area contributed by atoms with Crippen molar-refractivity contribution in [2.75, 3.05) is 0 Å². The fraction of sp³-hybridized carbons (Fsp3) is 0.889. The summed E-state index contributed by atoms with van der Waals surface area (Å²) in [5.74, 6) is 3.57. The molecule has 0 aliphatic heterocycles. The molecule has 0 aromatic carbocycles. The van der Waals surface area contributed by atoms with Gasteiger partial charge in [-0.25, -0.2) is 0 Å². The Morgan fingerprint density at radius 3 is 2.33 bits per heavy atom. The van der Waals surface area contributed by atoms with E-state index in [0.29, 0.717) is 5.41 Å². The minimum atomic E-state index is 0.630. The fourth-order valence-electron chi connectivity index (χ4n) is 3.97. The largest absolute Gasteiger partial charge is 0.0880 e. The normalized spacial score (nSPS) is 34.8. The topological polar surface area (TPSA) is 0 Å². The molecule has 0 heterocycles. The molecular formula is C18H34. The van der Waals surface area contributed by atoms with Gasteiger partial charge in [-0.2, -0.15) is 0 Å². The summed E-state index contributed by atoms with van der Waals surface area (Å²) < 4.78 is 0. The summed E-state index contributed by atoms with van der Waals surface area (Å²) in [5.41, 5.74) is 0.630. The predicted molar refractivity (Wildman–Crippen MR) is 82.7 cm³/mol. The number of rotatable bonds is 8. The van der Waals surface area contributed by atoms with E-state index < -0.39 is 0 Å². The molecule has 0 spiro atoms. The molecule has 1 aliphatic carbocycles. The molecule has 0 aromatic heterocycles. The van der Waals surface area contributed by atoms with Crippen LogP contribution in [0.25, 0.3) is 0 Å². The van der Waals surface area contributed by atoms with Crippen molar-refractivity contribution < 1.29 is 0 Å². The molecule has 0 nitrogen and oxygen atoms in total. The van der Waals surface area contributed by atoms with Gasteiger partial charge in [0.1, 0.15) is 0 Å². The van der Waals surface area contributed by atoms with Crippen LogP contribution in [0.2, 0.25) is 0 Å². The van der Waals surface area contributed by atoms with Gasteiger partial charge in [-0.15, -0.1) is 0 Å². The van der Waals surface area contributed by atoms with Gasteiger partial charge in [0, 0.05) is 0 Å². The predicted octanol–water partition coefficient (Wildman–Crippen LogP) is 6.08. The average Bonchev–Trinajstić information content (AvgIpc) is 2.90. The molecule has 5 unspecified atom stereocenters. The summed E-state index contributed by atoms with van der Waals surface area (Å²) in [7, 11) is 0. The van der Waals surface area contributed by atoms with Crippen molar-refractivity contribution in [2.24, 2.45) is 29.1 Å². The minimum absolute atomic E-state index is 0.630. The van der Waals surface area contributed by atoms with Crippen LogP contribution in [0, 0.1) is 29.1 Å². The van der Waals surface area contributed by atoms with Crippen LogP contribution in [0.3, 0.4) is 0 Å². The summed E-state index contributed by atoms with van der Waals surface area (Å²) in [6.07, 6.45) is 11.6. The van der Waals surface area contributed by atoms with Crippen LogP contribution in [-0.2, 0) is 0 Å². The first-order valence-corrected chi connectivity index (χ1v) is 8.18. The third-order valence-electron chi connectivity index (χ3n) is 5.76. The van der Waals surface area contributed by atoms with Gasteiger partial charge in [-0.3, -0.25) is 0 Å². The van der Waals surface area contributed by atoms with Gasteiger partial charge in [0.05, 0.1) is 0 Å². The molecule has 1 saturated carbocycles. The molecule has 106 valence electrons. The monoisotopic (exact) mass is 250 g/mol. The Morgan fingerprint density at radius 2 is 1.89 bits per heavy atom. The smallest absolute Gasteiger partial charge is 0.0235 e. The molecule has 0 aromatic rings. The lowest BCUT2D eigenvalue weighted by Gasteiger charge is -2.24. The summed E-state index contributed by atoms with van der Waals surface area (Å²) >= 11 is 0. The Bertz CT molecular complexity index is 265. The molecule has 18 heavy (non-hydrogen) atoms. The highest BCUT2D eigenvalue weighted by Crippen LogP contribution is 2.65. The van der Waals surface area contributed by atoms with Crippen LogP contribution < -0.4 is 0 Å². The SMILES string of the molecule is CCCC(CC=CC(C)CC)C1(C)C(C)C1CC. The molecule has 0 amide bonds. The van der Waals surface area contributed by atoms with Crippen molar-refractivity contribution in [2.45, 2.75) is 73.6 Å². The Hall–Kier alpha value is -0.260. The van der Waals surface area contributed by atoms with Crippen molar-refractivity contribution in [1.82, 2.24) is 0 Å². The summed E-state index contributed by atoms with van der Waals surface area (Å²) in [6.45, 7) is 14.3. The Morgan fingerprint density at radius 1 is 1.22 bits per heavy atom. The van der Waals surface area contributed by atoms with Crippen molar-refractivity contribution in [3.8, 4) is 0 Å². The molecule has 0 N–H and O–H groups in total. The Labute approximate surface area is 115 Å². The average molecular weight is 250 g/mol. The Balaban J connectivity index is 2.59. The second kappa shape index (κ2) is 6.78. The maximum atomic E-state index is 2.54. The van der Waals surface area contributed by atoms with Gasteiger partial charge in [-0.1, -0.05) is 73.0 Å². The number of allylic oxidation sites excluding steroid dienone is 2. The standard InChI is InChI=1S/C18H34/c1-7-11-16(13-10-12-14(4)8-2)18(6)15(5)17(18)9-3/h10,12,14-17H,7-9,11,13H2,1-6H3. The molecule has 0 saturated heterocycles. The van der Waals surface area contributed by atoms with E-state index in [4.69, 9.17) is 0 Å². The molecule has 1 fully saturated rings. The van der Waals surface area contributed by atoms with Crippen LogP contribution in [0.5, 0.6) is 0 Å². The van der Waals surface area contributed by atoms with E-state index in [1.165, 1.54) is 32.1 Å². The molecule has 1 aliphatic rings. The molecule has 1 rings (SSSR count). The lowest BCUT2D eigenvalue weighted by Crippen LogP contribution is -2.15. The zero-order chi connectivity index (χ0) is 13.8. The van der Waals surface area contributed by atoms with E-state index in [1.807, 2.05) is 0 Å². The van der Waals surface area contributed by atoms with E-state index >= 15 is 0 Å². The van der Waals surface area contributed by atoms with Crippen molar-refractivity contribution in [1.29, 1.82) is 0 Å². The maximum Gasteiger partial charge on any atom is -0.0235 e. The van der Waals surface area contributed by atoms with Gasteiger partial charge < -0.3 is 0 Å². The van der Waals surface area contributed by atoms with Gasteiger partial charge >= 0.3 is 0 Å². The fourth-order valence-corrected chi connectivity index (χ4v) is 3.97. The van der Waals surface area contributed by atoms with Crippen molar-refractivity contribution in [3.05, 3.63) is 12.2 Å². The first kappa shape index (κ1) is 15.8. The van der Waals surface area contributed by atoms with Crippen molar-refractivity contribution >= 4 is 0 Å². The first-order valence-electron chi connectivity index (χ1n) is 8.18. The lowest BCUT2D eigenvalue weighted by molar-refractivity contribution is 0.271. The van der Waals surface area contributed by atoms with Crippen LogP contribution in [0.4, 0.5) is 0 Å². The zero-order valence-electron chi connectivity index (χ0n) is 13.5. The van der Waals surface area contributed by atoms with Crippen LogP contribution in [0.15, 0.2) is 12.2 Å². The number of hydrogen-bond donors (Lipinski definition) is 0. The van der Waals surface area contributed by atoms with Crippen molar-refractivity contribution in [3.63, 3.8) is 0 Å². The van der Waals surface area contributed by atoms with E-state index in [-0.39, 0.29) is 0 Å². The maximum absolute atomic E-state index is 2.54. The van der Waals surface area contributed by atoms with Crippen LogP contribution in [-0.4, -0.2) is 0 Å². The highest BCUT2D eigenvalue weighted by atomic mass is 14.6. The van der Waals surface area contributed by atoms with Gasteiger partial charge in [-0.05, 0) is 41.9 Å². The highest BCUT2D eigenvalue weighted by molar-refractivity contribution is 5.09. The number of hydrogen-bond acceptors (Lipinski definition) is 0.